The van der Waals surface area contributed by atoms with Gasteiger partial charge in [0, 0.05) is 11.9 Å². The minimum atomic E-state index is -1.02. The van der Waals surface area contributed by atoms with Gasteiger partial charge in [-0.3, -0.25) is 9.78 Å². The highest BCUT2D eigenvalue weighted by Gasteiger charge is 2.35. The number of hydrogen-bond donors (Lipinski definition) is 2. The van der Waals surface area contributed by atoms with Crippen molar-refractivity contribution in [3.05, 3.63) is 24.0 Å². The molecule has 1 aromatic rings. The molecule has 2 heterocycles. The zero-order chi connectivity index (χ0) is 12.4. The number of aromatic hydroxyl groups is 1. The van der Waals surface area contributed by atoms with Gasteiger partial charge in [0.25, 0.3) is 5.91 Å². The third-order valence-corrected chi connectivity index (χ3v) is 3.41. The van der Waals surface area contributed by atoms with Gasteiger partial charge < -0.3 is 15.1 Å². The molecule has 1 aliphatic heterocycles. The fourth-order valence-corrected chi connectivity index (χ4v) is 2.70. The molecule has 17 heavy (non-hydrogen) atoms. The molecule has 0 bridgehead atoms. The van der Waals surface area contributed by atoms with Crippen LogP contribution < -0.4 is 0 Å². The van der Waals surface area contributed by atoms with Crippen LogP contribution in [0.1, 0.15) is 10.4 Å². The van der Waals surface area contributed by atoms with Gasteiger partial charge in [-0.25, -0.2) is 4.79 Å². The van der Waals surface area contributed by atoms with E-state index in [9.17, 15) is 14.7 Å². The van der Waals surface area contributed by atoms with Crippen LogP contribution in [0, 0.1) is 0 Å². The maximum absolute atomic E-state index is 12.0. The summed E-state index contributed by atoms with van der Waals surface area (Å²) in [6.45, 7) is 0. The fraction of sp³-hybridized carbons (Fsp3) is 0.300. The van der Waals surface area contributed by atoms with Gasteiger partial charge in [-0.15, -0.1) is 11.8 Å². The van der Waals surface area contributed by atoms with E-state index < -0.39 is 17.9 Å². The summed E-state index contributed by atoms with van der Waals surface area (Å²) in [4.78, 5) is 27.9. The number of aromatic nitrogens is 1. The van der Waals surface area contributed by atoms with E-state index >= 15 is 0 Å². The van der Waals surface area contributed by atoms with Crippen molar-refractivity contribution >= 4 is 23.6 Å². The van der Waals surface area contributed by atoms with Crippen LogP contribution in [-0.4, -0.2) is 49.6 Å². The minimum absolute atomic E-state index is 0.116. The number of hydrogen-bond acceptors (Lipinski definition) is 5. The van der Waals surface area contributed by atoms with Crippen LogP contribution in [-0.2, 0) is 4.79 Å². The van der Waals surface area contributed by atoms with Crippen molar-refractivity contribution in [3.8, 4) is 5.75 Å². The maximum atomic E-state index is 12.0. The van der Waals surface area contributed by atoms with E-state index in [4.69, 9.17) is 5.11 Å². The second-order valence-electron chi connectivity index (χ2n) is 3.56. The first-order chi connectivity index (χ1) is 8.09. The smallest absolute Gasteiger partial charge is 0.327 e. The van der Waals surface area contributed by atoms with Gasteiger partial charge >= 0.3 is 5.97 Å². The SMILES string of the molecule is O=C(O)C1CSCN1C(=O)c1cncc(O)c1. The van der Waals surface area contributed by atoms with Crippen LogP contribution in [0.2, 0.25) is 0 Å². The highest BCUT2D eigenvalue weighted by atomic mass is 32.2. The van der Waals surface area contributed by atoms with Crippen molar-refractivity contribution in [1.29, 1.82) is 0 Å². The number of nitrogens with zero attached hydrogens (tertiary/aromatic N) is 2. The van der Waals surface area contributed by atoms with Crippen LogP contribution in [0.3, 0.4) is 0 Å². The molecule has 0 aromatic carbocycles. The predicted octanol–water partition coefficient (Wildman–Crippen LogP) is 0.387. The molecule has 2 N–H and O–H groups in total. The molecule has 0 aliphatic carbocycles. The zero-order valence-corrected chi connectivity index (χ0v) is 9.55. The number of carboxylic acid groups (broad SMARTS) is 1. The Labute approximate surface area is 101 Å². The normalized spacial score (nSPS) is 19.3. The van der Waals surface area contributed by atoms with Crippen LogP contribution in [0.15, 0.2) is 18.5 Å². The summed E-state index contributed by atoms with van der Waals surface area (Å²) in [6.07, 6.45) is 2.52. The Morgan fingerprint density at radius 2 is 2.24 bits per heavy atom. The third kappa shape index (κ3) is 2.33. The number of amides is 1. The summed E-state index contributed by atoms with van der Waals surface area (Å²) >= 11 is 1.39. The van der Waals surface area contributed by atoms with E-state index in [1.54, 1.807) is 0 Å². The number of rotatable bonds is 2. The first kappa shape index (κ1) is 11.7. The first-order valence-corrected chi connectivity index (χ1v) is 6.00. The van der Waals surface area contributed by atoms with Gasteiger partial charge in [0.1, 0.15) is 11.8 Å². The van der Waals surface area contributed by atoms with Crippen LogP contribution in [0.4, 0.5) is 0 Å². The molecule has 1 aliphatic rings. The standard InChI is InChI=1S/C10H10N2O4S/c13-7-1-6(2-11-3-7)9(14)12-5-17-4-8(12)10(15)16/h1-3,8,13H,4-5H2,(H,15,16). The Kier molecular flexibility index (Phi) is 3.19. The maximum Gasteiger partial charge on any atom is 0.327 e. The number of aliphatic carboxylic acids is 1. The van der Waals surface area contributed by atoms with Crippen molar-refractivity contribution in [2.75, 3.05) is 11.6 Å². The van der Waals surface area contributed by atoms with E-state index in [1.165, 1.54) is 35.1 Å². The quantitative estimate of drug-likeness (QED) is 0.793. The topological polar surface area (TPSA) is 90.7 Å². The van der Waals surface area contributed by atoms with Crippen molar-refractivity contribution in [1.82, 2.24) is 9.88 Å². The second-order valence-corrected chi connectivity index (χ2v) is 4.56. The summed E-state index contributed by atoms with van der Waals surface area (Å²) in [5.74, 6) is -0.837. The Morgan fingerprint density at radius 1 is 1.47 bits per heavy atom. The van der Waals surface area contributed by atoms with E-state index in [2.05, 4.69) is 4.98 Å². The lowest BCUT2D eigenvalue weighted by molar-refractivity contribution is -0.140. The van der Waals surface area contributed by atoms with Crippen molar-refractivity contribution in [2.45, 2.75) is 6.04 Å². The summed E-state index contributed by atoms with van der Waals surface area (Å²) < 4.78 is 0. The molecule has 6 nitrogen and oxygen atoms in total. The Hall–Kier alpha value is -1.76. The van der Waals surface area contributed by atoms with Gasteiger partial charge in [-0.05, 0) is 6.07 Å². The fourth-order valence-electron chi connectivity index (χ4n) is 1.56. The molecule has 1 atom stereocenters. The summed E-state index contributed by atoms with van der Waals surface area (Å²) in [7, 11) is 0. The van der Waals surface area contributed by atoms with Crippen molar-refractivity contribution < 1.29 is 19.8 Å². The van der Waals surface area contributed by atoms with Crippen LogP contribution >= 0.6 is 11.8 Å². The van der Waals surface area contributed by atoms with E-state index in [-0.39, 0.29) is 11.3 Å². The molecule has 0 saturated carbocycles. The molecule has 7 heteroatoms. The molecule has 90 valence electrons. The lowest BCUT2D eigenvalue weighted by Gasteiger charge is -2.20. The van der Waals surface area contributed by atoms with Crippen LogP contribution in [0.25, 0.3) is 0 Å². The van der Waals surface area contributed by atoms with Gasteiger partial charge in [0.05, 0.1) is 17.6 Å². The van der Waals surface area contributed by atoms with Gasteiger partial charge in [-0.1, -0.05) is 0 Å². The van der Waals surface area contributed by atoms with Gasteiger partial charge in [0.15, 0.2) is 0 Å². The monoisotopic (exact) mass is 254 g/mol. The predicted molar refractivity (Wildman–Crippen MR) is 60.8 cm³/mol. The lowest BCUT2D eigenvalue weighted by atomic mass is 10.2. The lowest BCUT2D eigenvalue weighted by Crippen LogP contribution is -2.41. The highest BCUT2D eigenvalue weighted by Crippen LogP contribution is 2.23. The van der Waals surface area contributed by atoms with Gasteiger partial charge in [0.2, 0.25) is 0 Å². The van der Waals surface area contributed by atoms with Crippen LogP contribution in [0.5, 0.6) is 5.75 Å². The number of pyridine rings is 1. The number of carbonyl (C=O) groups excluding carboxylic acids is 1. The molecule has 0 spiro atoms. The largest absolute Gasteiger partial charge is 0.506 e. The zero-order valence-electron chi connectivity index (χ0n) is 8.74. The molecule has 1 fully saturated rings. The summed E-state index contributed by atoms with van der Waals surface area (Å²) in [5.41, 5.74) is 0.193. The van der Waals surface area contributed by atoms with Gasteiger partial charge in [-0.2, -0.15) is 0 Å². The average molecular weight is 254 g/mol. The Bertz CT molecular complexity index is 465. The Balaban J connectivity index is 2.23. The second kappa shape index (κ2) is 4.62. The van der Waals surface area contributed by atoms with Crippen molar-refractivity contribution in [2.24, 2.45) is 0 Å². The highest BCUT2D eigenvalue weighted by molar-refractivity contribution is 7.99. The van der Waals surface area contributed by atoms with E-state index in [0.717, 1.165) is 0 Å². The molecule has 1 amide bonds. The average Bonchev–Trinajstić information content (AvgIpc) is 2.77. The first-order valence-electron chi connectivity index (χ1n) is 4.85. The number of carboxylic acids is 1. The molecule has 0 radical (unpaired) electrons. The molecular weight excluding hydrogens is 244 g/mol. The summed E-state index contributed by atoms with van der Waals surface area (Å²) in [6, 6.07) is 0.465. The molecule has 2 rings (SSSR count). The Morgan fingerprint density at radius 3 is 2.88 bits per heavy atom. The summed E-state index contributed by atoms with van der Waals surface area (Å²) in [5, 5.41) is 18.2. The number of carbonyl (C=O) groups is 2. The third-order valence-electron chi connectivity index (χ3n) is 2.40. The van der Waals surface area contributed by atoms with E-state index in [0.29, 0.717) is 11.6 Å². The van der Waals surface area contributed by atoms with Crippen molar-refractivity contribution in [3.63, 3.8) is 0 Å². The minimum Gasteiger partial charge on any atom is -0.506 e. The number of thioether (sulfide) groups is 1. The van der Waals surface area contributed by atoms with E-state index in [1.807, 2.05) is 0 Å². The molecular formula is C10H10N2O4S. The molecule has 1 unspecified atom stereocenters. The molecule has 1 aromatic heterocycles. The molecule has 1 saturated heterocycles.